The number of hydrogen-bond acceptors (Lipinski definition) is 4. The van der Waals surface area contributed by atoms with Crippen LogP contribution in [0.15, 0.2) is 48.5 Å². The maximum Gasteiger partial charge on any atom is 0.271 e. The highest BCUT2D eigenvalue weighted by Gasteiger charge is 2.11. The van der Waals surface area contributed by atoms with Crippen LogP contribution in [0.25, 0.3) is 0 Å². The van der Waals surface area contributed by atoms with Crippen molar-refractivity contribution in [2.75, 3.05) is 6.61 Å². The monoisotopic (exact) mass is 405 g/mol. The highest BCUT2D eigenvalue weighted by Crippen LogP contribution is 2.14. The maximum absolute atomic E-state index is 12.2. The number of halogens is 1. The van der Waals surface area contributed by atoms with Crippen LogP contribution >= 0.6 is 23.8 Å². The Balaban J connectivity index is 1.84. The van der Waals surface area contributed by atoms with Crippen LogP contribution < -0.4 is 20.9 Å². The zero-order chi connectivity index (χ0) is 19.8. The number of rotatable bonds is 5. The Morgan fingerprint density at radius 1 is 1.04 bits per heavy atom. The van der Waals surface area contributed by atoms with E-state index in [1.165, 1.54) is 0 Å². The van der Waals surface area contributed by atoms with Gasteiger partial charge in [-0.2, -0.15) is 0 Å². The number of thiocarbonyl (C=S) groups is 1. The number of carbonyl (C=O) groups is 2. The van der Waals surface area contributed by atoms with E-state index in [-0.39, 0.29) is 10.7 Å². The number of ether oxygens (including phenoxy) is 1. The van der Waals surface area contributed by atoms with Gasteiger partial charge in [0.15, 0.2) is 5.11 Å². The van der Waals surface area contributed by atoms with E-state index in [1.54, 1.807) is 48.5 Å². The molecule has 6 nitrogen and oxygen atoms in total. The average Bonchev–Trinajstić information content (AvgIpc) is 2.65. The molecule has 0 aromatic heterocycles. The summed E-state index contributed by atoms with van der Waals surface area (Å²) in [7, 11) is 0. The molecule has 142 valence electrons. The van der Waals surface area contributed by atoms with Crippen molar-refractivity contribution in [3.8, 4) is 5.75 Å². The van der Waals surface area contributed by atoms with Crippen LogP contribution in [-0.2, 0) is 0 Å². The second-order valence-electron chi connectivity index (χ2n) is 6.07. The first-order chi connectivity index (χ1) is 12.9. The van der Waals surface area contributed by atoms with Crippen LogP contribution in [-0.4, -0.2) is 23.5 Å². The van der Waals surface area contributed by atoms with E-state index in [2.05, 4.69) is 30.0 Å². The molecule has 0 aliphatic heterocycles. The molecule has 0 unspecified atom stereocenters. The first-order valence-corrected chi connectivity index (χ1v) is 9.04. The van der Waals surface area contributed by atoms with E-state index < -0.39 is 11.8 Å². The van der Waals surface area contributed by atoms with Crippen molar-refractivity contribution in [2.24, 2.45) is 5.92 Å². The third kappa shape index (κ3) is 6.54. The quantitative estimate of drug-likeness (QED) is 0.525. The van der Waals surface area contributed by atoms with Gasteiger partial charge in [-0.05, 0) is 54.5 Å². The molecule has 8 heteroatoms. The van der Waals surface area contributed by atoms with Crippen molar-refractivity contribution in [1.82, 2.24) is 16.2 Å². The summed E-state index contributed by atoms with van der Waals surface area (Å²) in [5.74, 6) is 0.226. The molecule has 0 spiro atoms. The Morgan fingerprint density at radius 2 is 1.70 bits per heavy atom. The van der Waals surface area contributed by atoms with Crippen molar-refractivity contribution in [3.63, 3.8) is 0 Å². The summed E-state index contributed by atoms with van der Waals surface area (Å²) in [4.78, 5) is 24.2. The fourth-order valence-electron chi connectivity index (χ4n) is 2.00. The van der Waals surface area contributed by atoms with Gasteiger partial charge in [-0.15, -0.1) is 0 Å². The van der Waals surface area contributed by atoms with Gasteiger partial charge in [0.05, 0.1) is 17.2 Å². The number of carbonyl (C=O) groups excluding carboxylic acids is 2. The fourth-order valence-corrected chi connectivity index (χ4v) is 2.36. The van der Waals surface area contributed by atoms with E-state index in [9.17, 15) is 9.59 Å². The molecule has 2 aromatic carbocycles. The Bertz CT molecular complexity index is 825. The standard InChI is InChI=1S/C19H20ClN3O3S/c1-12(2)11-26-14-9-7-13(8-10-14)17(24)21-19(27)23-22-18(25)15-5-3-4-6-16(15)20/h3-10,12H,11H2,1-2H3,(H,22,25)(H2,21,23,24,27). The van der Waals surface area contributed by atoms with Crippen LogP contribution in [0.2, 0.25) is 5.02 Å². The van der Waals surface area contributed by atoms with E-state index in [1.807, 2.05) is 0 Å². The van der Waals surface area contributed by atoms with Crippen molar-refractivity contribution >= 4 is 40.7 Å². The highest BCUT2D eigenvalue weighted by atomic mass is 35.5. The lowest BCUT2D eigenvalue weighted by Gasteiger charge is -2.12. The number of amides is 2. The molecule has 0 aliphatic carbocycles. The number of nitrogens with one attached hydrogen (secondary N) is 3. The molecule has 27 heavy (non-hydrogen) atoms. The van der Waals surface area contributed by atoms with Gasteiger partial charge in [0, 0.05) is 5.56 Å². The molecule has 0 radical (unpaired) electrons. The minimum atomic E-state index is -0.469. The minimum Gasteiger partial charge on any atom is -0.493 e. The highest BCUT2D eigenvalue weighted by molar-refractivity contribution is 7.80. The molecule has 0 saturated heterocycles. The number of hydrogen-bond donors (Lipinski definition) is 3. The van der Waals surface area contributed by atoms with Crippen LogP contribution in [0.1, 0.15) is 34.6 Å². The fraction of sp³-hybridized carbons (Fsp3) is 0.211. The van der Waals surface area contributed by atoms with Gasteiger partial charge in [-0.1, -0.05) is 37.6 Å². The largest absolute Gasteiger partial charge is 0.493 e. The number of benzene rings is 2. The molecule has 3 N–H and O–H groups in total. The summed E-state index contributed by atoms with van der Waals surface area (Å²) < 4.78 is 5.57. The summed E-state index contributed by atoms with van der Waals surface area (Å²) >= 11 is 11.0. The number of hydrazine groups is 1. The van der Waals surface area contributed by atoms with Crippen LogP contribution in [0.3, 0.4) is 0 Å². The zero-order valence-electron chi connectivity index (χ0n) is 14.9. The first-order valence-electron chi connectivity index (χ1n) is 8.26. The lowest BCUT2D eigenvalue weighted by atomic mass is 10.2. The van der Waals surface area contributed by atoms with Gasteiger partial charge >= 0.3 is 0 Å². The van der Waals surface area contributed by atoms with Crippen molar-refractivity contribution in [2.45, 2.75) is 13.8 Å². The second-order valence-corrected chi connectivity index (χ2v) is 6.89. The van der Waals surface area contributed by atoms with Gasteiger partial charge in [-0.25, -0.2) is 0 Å². The molecule has 2 rings (SSSR count). The second kappa shape index (κ2) is 9.89. The average molecular weight is 406 g/mol. The predicted octanol–water partition coefficient (Wildman–Crippen LogP) is 3.32. The summed E-state index contributed by atoms with van der Waals surface area (Å²) in [6, 6.07) is 13.3. The van der Waals surface area contributed by atoms with Gasteiger partial charge in [0.2, 0.25) is 0 Å². The molecular weight excluding hydrogens is 386 g/mol. The Labute approximate surface area is 168 Å². The third-order valence-corrected chi connectivity index (χ3v) is 3.87. The summed E-state index contributed by atoms with van der Waals surface area (Å²) in [5, 5.41) is 2.75. The molecule has 0 saturated carbocycles. The van der Waals surface area contributed by atoms with Crippen molar-refractivity contribution in [1.29, 1.82) is 0 Å². The summed E-state index contributed by atoms with van der Waals surface area (Å²) in [6.07, 6.45) is 0. The molecule has 2 aromatic rings. The summed E-state index contributed by atoms with van der Waals surface area (Å²) in [5.41, 5.74) is 5.55. The summed E-state index contributed by atoms with van der Waals surface area (Å²) in [6.45, 7) is 4.71. The van der Waals surface area contributed by atoms with Crippen LogP contribution in [0, 0.1) is 5.92 Å². The minimum absolute atomic E-state index is 0.0412. The van der Waals surface area contributed by atoms with Crippen LogP contribution in [0.4, 0.5) is 0 Å². The topological polar surface area (TPSA) is 79.5 Å². The third-order valence-electron chi connectivity index (χ3n) is 3.33. The molecular formula is C19H20ClN3O3S. The SMILES string of the molecule is CC(C)COc1ccc(C(=O)NC(=S)NNC(=O)c2ccccc2Cl)cc1. The lowest BCUT2D eigenvalue weighted by Crippen LogP contribution is -2.48. The molecule has 0 bridgehead atoms. The zero-order valence-corrected chi connectivity index (χ0v) is 16.5. The smallest absolute Gasteiger partial charge is 0.271 e. The molecule has 2 amide bonds. The van der Waals surface area contributed by atoms with E-state index in [0.717, 1.165) is 0 Å². The predicted molar refractivity (Wildman–Crippen MR) is 109 cm³/mol. The van der Waals surface area contributed by atoms with Gasteiger partial charge in [0.1, 0.15) is 5.75 Å². The molecule has 0 aliphatic rings. The van der Waals surface area contributed by atoms with Gasteiger partial charge in [0.25, 0.3) is 11.8 Å². The van der Waals surface area contributed by atoms with Crippen LogP contribution in [0.5, 0.6) is 5.75 Å². The Morgan fingerprint density at radius 3 is 2.33 bits per heavy atom. The Hall–Kier alpha value is -2.64. The van der Waals surface area contributed by atoms with Gasteiger partial charge < -0.3 is 4.74 Å². The van der Waals surface area contributed by atoms with E-state index in [4.69, 9.17) is 28.6 Å². The van der Waals surface area contributed by atoms with E-state index >= 15 is 0 Å². The molecule has 0 heterocycles. The molecule has 0 atom stereocenters. The van der Waals surface area contributed by atoms with E-state index in [0.29, 0.717) is 28.9 Å². The van der Waals surface area contributed by atoms with Gasteiger partial charge in [-0.3, -0.25) is 25.8 Å². The van der Waals surface area contributed by atoms with Crippen molar-refractivity contribution < 1.29 is 14.3 Å². The van der Waals surface area contributed by atoms with Crippen molar-refractivity contribution in [3.05, 3.63) is 64.7 Å². The normalized spacial score (nSPS) is 10.2. The molecule has 0 fully saturated rings. The first kappa shape index (κ1) is 20.7. The Kier molecular flexibility index (Phi) is 7.57. The maximum atomic E-state index is 12.2. The lowest BCUT2D eigenvalue weighted by molar-refractivity contribution is 0.0934.